The molecule has 9 nitrogen and oxygen atoms in total. The number of anilines is 1. The van der Waals surface area contributed by atoms with E-state index in [1.54, 1.807) is 44.2 Å². The predicted molar refractivity (Wildman–Crippen MR) is 151 cm³/mol. The minimum Gasteiger partial charge on any atom is -0.503 e. The highest BCUT2D eigenvalue weighted by Gasteiger charge is 2.47. The highest BCUT2D eigenvalue weighted by Crippen LogP contribution is 2.46. The quantitative estimate of drug-likeness (QED) is 0.144. The number of amides is 1. The Bertz CT molecular complexity index is 1630. The third kappa shape index (κ3) is 5.19. The largest absolute Gasteiger partial charge is 0.503 e. The fraction of sp³-hybridized carbons (Fsp3) is 0.222. The number of aliphatic hydroxyl groups is 1. The highest BCUT2D eigenvalue weighted by molar-refractivity contribution is 8.00. The summed E-state index contributed by atoms with van der Waals surface area (Å²) in [6.45, 7) is 3.50. The van der Waals surface area contributed by atoms with E-state index in [4.69, 9.17) is 9.47 Å². The molecule has 40 heavy (non-hydrogen) atoms. The molecule has 206 valence electrons. The van der Waals surface area contributed by atoms with Crippen molar-refractivity contribution in [1.29, 1.82) is 0 Å². The standard InChI is InChI=1S/C27H23FN4O5S3/c1-13-24(39-14(2)29-13)22(33)20-21(16-7-10-18(36-3)19(11-16)37-4)32(25(35)23(20)34)26-30-31-27(40-26)38-12-15-5-8-17(28)9-6-15/h5-11,21,34H,12H2,1-4H3. The van der Waals surface area contributed by atoms with Crippen LogP contribution in [0.3, 0.4) is 0 Å². The zero-order chi connectivity index (χ0) is 28.6. The second-order valence-electron chi connectivity index (χ2n) is 8.70. The number of halogens is 1. The van der Waals surface area contributed by atoms with E-state index < -0.39 is 23.5 Å². The molecule has 1 aliphatic rings. The van der Waals surface area contributed by atoms with Gasteiger partial charge in [-0.3, -0.25) is 14.5 Å². The molecule has 0 saturated carbocycles. The lowest BCUT2D eigenvalue weighted by Crippen LogP contribution is -2.31. The Kier molecular flexibility index (Phi) is 7.88. The van der Waals surface area contributed by atoms with Gasteiger partial charge in [-0.2, -0.15) is 0 Å². The average molecular weight is 599 g/mol. The molecule has 1 unspecified atom stereocenters. The van der Waals surface area contributed by atoms with Gasteiger partial charge in [-0.25, -0.2) is 9.37 Å². The van der Waals surface area contributed by atoms with E-state index in [2.05, 4.69) is 15.2 Å². The molecule has 13 heteroatoms. The van der Waals surface area contributed by atoms with E-state index in [-0.39, 0.29) is 16.5 Å². The molecule has 4 aromatic rings. The predicted octanol–water partition coefficient (Wildman–Crippen LogP) is 5.84. The van der Waals surface area contributed by atoms with Gasteiger partial charge in [0.05, 0.1) is 41.4 Å². The Morgan fingerprint density at radius 1 is 1.07 bits per heavy atom. The summed E-state index contributed by atoms with van der Waals surface area (Å²) in [4.78, 5) is 33.3. The summed E-state index contributed by atoms with van der Waals surface area (Å²) in [5.74, 6) is -0.872. The van der Waals surface area contributed by atoms with Crippen LogP contribution in [0.2, 0.25) is 0 Å². The molecule has 0 bridgehead atoms. The van der Waals surface area contributed by atoms with Crippen LogP contribution in [-0.4, -0.2) is 46.2 Å². The molecular weight excluding hydrogens is 576 g/mol. The van der Waals surface area contributed by atoms with Crippen LogP contribution in [0.4, 0.5) is 9.52 Å². The van der Waals surface area contributed by atoms with E-state index in [9.17, 15) is 19.1 Å². The lowest BCUT2D eigenvalue weighted by molar-refractivity contribution is -0.117. The van der Waals surface area contributed by atoms with E-state index in [0.29, 0.717) is 42.7 Å². The Morgan fingerprint density at radius 3 is 2.45 bits per heavy atom. The van der Waals surface area contributed by atoms with Gasteiger partial charge in [0, 0.05) is 5.75 Å². The SMILES string of the molecule is COc1ccc(C2C(C(=O)c3sc(C)nc3C)=C(O)C(=O)N2c2nnc(SCc3ccc(F)cc3)s2)cc1OC. The van der Waals surface area contributed by atoms with Crippen molar-refractivity contribution in [3.63, 3.8) is 0 Å². The van der Waals surface area contributed by atoms with Crippen LogP contribution in [0.1, 0.15) is 37.5 Å². The minimum atomic E-state index is -1.01. The molecule has 0 spiro atoms. The lowest BCUT2D eigenvalue weighted by atomic mass is 9.95. The van der Waals surface area contributed by atoms with E-state index in [0.717, 1.165) is 16.9 Å². The van der Waals surface area contributed by atoms with Crippen molar-refractivity contribution in [3.8, 4) is 11.5 Å². The summed E-state index contributed by atoms with van der Waals surface area (Å²) in [6, 6.07) is 10.2. The molecule has 3 heterocycles. The van der Waals surface area contributed by atoms with Gasteiger partial charge in [-0.05, 0) is 49.2 Å². The highest BCUT2D eigenvalue weighted by atomic mass is 32.2. The number of hydrogen-bond donors (Lipinski definition) is 1. The van der Waals surface area contributed by atoms with Crippen molar-refractivity contribution in [3.05, 3.63) is 86.3 Å². The van der Waals surface area contributed by atoms with Gasteiger partial charge in [0.15, 0.2) is 21.6 Å². The molecule has 2 aromatic carbocycles. The van der Waals surface area contributed by atoms with Crippen molar-refractivity contribution < 1.29 is 28.6 Å². The fourth-order valence-corrected chi connectivity index (χ4v) is 7.02. The molecule has 2 aromatic heterocycles. The molecular formula is C27H23FN4O5S3. The van der Waals surface area contributed by atoms with Crippen LogP contribution < -0.4 is 14.4 Å². The van der Waals surface area contributed by atoms with Crippen LogP contribution in [0.25, 0.3) is 0 Å². The number of carbonyl (C=O) groups excluding carboxylic acids is 2. The number of ether oxygens (including phenoxy) is 2. The fourth-order valence-electron chi connectivity index (χ4n) is 4.32. The third-order valence-corrected chi connectivity index (χ3v) is 9.36. The molecule has 0 radical (unpaired) electrons. The maximum Gasteiger partial charge on any atom is 0.296 e. The van der Waals surface area contributed by atoms with Crippen LogP contribution in [0.15, 0.2) is 58.1 Å². The maximum atomic E-state index is 13.8. The second kappa shape index (κ2) is 11.4. The Balaban J connectivity index is 1.54. The first kappa shape index (κ1) is 27.7. The first-order valence-corrected chi connectivity index (χ1v) is 14.5. The number of aryl methyl sites for hydroxylation is 2. The van der Waals surface area contributed by atoms with Crippen molar-refractivity contribution in [2.45, 2.75) is 30.0 Å². The van der Waals surface area contributed by atoms with Gasteiger partial charge in [-0.1, -0.05) is 41.3 Å². The lowest BCUT2D eigenvalue weighted by Gasteiger charge is -2.24. The summed E-state index contributed by atoms with van der Waals surface area (Å²) in [7, 11) is 2.99. The number of aliphatic hydroxyl groups excluding tert-OH is 1. The summed E-state index contributed by atoms with van der Waals surface area (Å²) in [5.41, 5.74) is 1.83. The zero-order valence-electron chi connectivity index (χ0n) is 21.8. The Morgan fingerprint density at radius 2 is 1.80 bits per heavy atom. The molecule has 1 atom stereocenters. The monoisotopic (exact) mass is 598 g/mol. The van der Waals surface area contributed by atoms with Crippen molar-refractivity contribution in [2.75, 3.05) is 19.1 Å². The number of thioether (sulfide) groups is 1. The number of hydrogen-bond acceptors (Lipinski definition) is 11. The normalized spacial score (nSPS) is 15.2. The van der Waals surface area contributed by atoms with Gasteiger partial charge in [0.25, 0.3) is 5.91 Å². The number of Topliss-reactive ketones (excluding diaryl/α,β-unsaturated/α-hetero) is 1. The van der Waals surface area contributed by atoms with Gasteiger partial charge < -0.3 is 14.6 Å². The van der Waals surface area contributed by atoms with Crippen LogP contribution in [-0.2, 0) is 10.5 Å². The second-order valence-corrected chi connectivity index (χ2v) is 12.1. The molecule has 5 rings (SSSR count). The van der Waals surface area contributed by atoms with Crippen LogP contribution in [0, 0.1) is 19.7 Å². The molecule has 1 N–H and O–H groups in total. The first-order valence-electron chi connectivity index (χ1n) is 11.9. The van der Waals surface area contributed by atoms with Crippen molar-refractivity contribution >= 4 is 51.3 Å². The third-order valence-electron chi connectivity index (χ3n) is 6.16. The number of benzene rings is 2. The molecule has 0 fully saturated rings. The van der Waals surface area contributed by atoms with E-state index in [1.807, 2.05) is 0 Å². The van der Waals surface area contributed by atoms with Gasteiger partial charge in [-0.15, -0.1) is 21.5 Å². The zero-order valence-corrected chi connectivity index (χ0v) is 24.2. The molecule has 1 amide bonds. The number of methoxy groups -OCH3 is 2. The van der Waals surface area contributed by atoms with E-state index in [1.165, 1.54) is 54.4 Å². The van der Waals surface area contributed by atoms with Crippen molar-refractivity contribution in [1.82, 2.24) is 15.2 Å². The van der Waals surface area contributed by atoms with Crippen LogP contribution in [0.5, 0.6) is 11.5 Å². The Labute approximate surface area is 241 Å². The topological polar surface area (TPSA) is 115 Å². The number of thiazole rings is 1. The first-order chi connectivity index (χ1) is 19.2. The summed E-state index contributed by atoms with van der Waals surface area (Å²) in [6.07, 6.45) is 0. The summed E-state index contributed by atoms with van der Waals surface area (Å²) < 4.78 is 24.6. The number of carbonyl (C=O) groups is 2. The smallest absolute Gasteiger partial charge is 0.296 e. The molecule has 0 saturated heterocycles. The van der Waals surface area contributed by atoms with Gasteiger partial charge in [0.2, 0.25) is 10.9 Å². The minimum absolute atomic E-state index is 0.0836. The number of ketones is 1. The van der Waals surface area contributed by atoms with Crippen molar-refractivity contribution in [2.24, 2.45) is 0 Å². The number of nitrogens with zero attached hydrogens (tertiary/aromatic N) is 4. The molecule has 1 aliphatic heterocycles. The number of rotatable bonds is 9. The maximum absolute atomic E-state index is 13.8. The van der Waals surface area contributed by atoms with Gasteiger partial charge in [0.1, 0.15) is 5.82 Å². The summed E-state index contributed by atoms with van der Waals surface area (Å²) in [5, 5.41) is 20.4. The average Bonchev–Trinajstić information content (AvgIpc) is 3.63. The molecule has 0 aliphatic carbocycles. The summed E-state index contributed by atoms with van der Waals surface area (Å²) >= 11 is 3.72. The Hall–Kier alpha value is -3.81. The van der Waals surface area contributed by atoms with E-state index >= 15 is 0 Å². The number of aromatic nitrogens is 3. The van der Waals surface area contributed by atoms with Gasteiger partial charge >= 0.3 is 0 Å². The van der Waals surface area contributed by atoms with Crippen LogP contribution >= 0.6 is 34.4 Å².